The third-order valence-corrected chi connectivity index (χ3v) is 6.23. The molecule has 0 saturated heterocycles. The first kappa shape index (κ1) is 20.1. The van der Waals surface area contributed by atoms with Crippen LogP contribution >= 0.6 is 0 Å². The Morgan fingerprint density at radius 1 is 1.16 bits per heavy atom. The highest BCUT2D eigenvalue weighted by Crippen LogP contribution is 2.30. The quantitative estimate of drug-likeness (QED) is 0.515. The minimum atomic E-state index is -0.208. The average Bonchev–Trinajstić information content (AvgIpc) is 3.38. The van der Waals surface area contributed by atoms with Gasteiger partial charge in [0, 0.05) is 35.2 Å². The van der Waals surface area contributed by atoms with Gasteiger partial charge in [-0.3, -0.25) is 14.3 Å². The normalized spacial score (nSPS) is 18.1. The molecular formula is C25H25N5O2. The Morgan fingerprint density at radius 2 is 1.97 bits per heavy atom. The second kappa shape index (κ2) is 8.00. The Balaban J connectivity index is 1.40. The molecule has 162 valence electrons. The molecule has 1 aliphatic rings. The van der Waals surface area contributed by atoms with Crippen molar-refractivity contribution < 1.29 is 9.59 Å². The van der Waals surface area contributed by atoms with E-state index >= 15 is 0 Å². The molecule has 2 amide bonds. The lowest BCUT2D eigenvalue weighted by molar-refractivity contribution is 0.0948. The van der Waals surface area contributed by atoms with Gasteiger partial charge in [-0.1, -0.05) is 43.3 Å². The minimum Gasteiger partial charge on any atom is -0.350 e. The second-order valence-electron chi connectivity index (χ2n) is 8.47. The highest BCUT2D eigenvalue weighted by Gasteiger charge is 2.27. The predicted molar refractivity (Wildman–Crippen MR) is 124 cm³/mol. The van der Waals surface area contributed by atoms with Gasteiger partial charge in [-0.2, -0.15) is 5.10 Å². The van der Waals surface area contributed by atoms with E-state index in [1.165, 1.54) is 0 Å². The van der Waals surface area contributed by atoms with Gasteiger partial charge in [-0.05, 0) is 36.6 Å². The molecule has 1 aliphatic heterocycles. The molecular weight excluding hydrogens is 402 g/mol. The molecule has 7 nitrogen and oxygen atoms in total. The predicted octanol–water partition coefficient (Wildman–Crippen LogP) is 4.08. The van der Waals surface area contributed by atoms with E-state index in [9.17, 15) is 9.59 Å². The zero-order valence-electron chi connectivity index (χ0n) is 18.1. The second-order valence-corrected chi connectivity index (χ2v) is 8.47. The molecule has 0 spiro atoms. The summed E-state index contributed by atoms with van der Waals surface area (Å²) in [4.78, 5) is 25.5. The monoisotopic (exact) mass is 427 g/mol. The SMILES string of the molecule is C[C@@H]1CNC(=O)c2cc3ccc(C(=O)Nc4cnn(Cc5ccccc5)c4)cc3n2[C@@H]1C. The highest BCUT2D eigenvalue weighted by molar-refractivity contribution is 6.07. The van der Waals surface area contributed by atoms with Crippen LogP contribution in [-0.4, -0.2) is 32.7 Å². The van der Waals surface area contributed by atoms with E-state index < -0.39 is 0 Å². The van der Waals surface area contributed by atoms with Crippen molar-refractivity contribution in [2.45, 2.75) is 26.4 Å². The summed E-state index contributed by atoms with van der Waals surface area (Å²) in [6, 6.07) is 17.6. The van der Waals surface area contributed by atoms with Crippen LogP contribution in [0.1, 0.15) is 46.3 Å². The van der Waals surface area contributed by atoms with Crippen LogP contribution in [0.2, 0.25) is 0 Å². The van der Waals surface area contributed by atoms with Crippen molar-refractivity contribution in [2.75, 3.05) is 11.9 Å². The summed E-state index contributed by atoms with van der Waals surface area (Å²) in [6.07, 6.45) is 3.47. The first-order valence-electron chi connectivity index (χ1n) is 10.8. The van der Waals surface area contributed by atoms with Gasteiger partial charge in [0.1, 0.15) is 5.69 Å². The topological polar surface area (TPSA) is 81.0 Å². The van der Waals surface area contributed by atoms with Crippen LogP contribution in [0.25, 0.3) is 10.9 Å². The minimum absolute atomic E-state index is 0.0748. The number of hydrogen-bond acceptors (Lipinski definition) is 3. The van der Waals surface area contributed by atoms with Crippen LogP contribution in [-0.2, 0) is 6.54 Å². The molecule has 0 bridgehead atoms. The average molecular weight is 428 g/mol. The number of carbonyl (C=O) groups excluding carboxylic acids is 2. The number of aromatic nitrogens is 3. The first-order chi connectivity index (χ1) is 15.5. The summed E-state index contributed by atoms with van der Waals surface area (Å²) in [6.45, 7) is 5.50. The van der Waals surface area contributed by atoms with Crippen molar-refractivity contribution in [3.05, 3.63) is 83.8 Å². The largest absolute Gasteiger partial charge is 0.350 e. The van der Waals surface area contributed by atoms with Gasteiger partial charge in [-0.15, -0.1) is 0 Å². The van der Waals surface area contributed by atoms with E-state index in [0.29, 0.717) is 30.0 Å². The van der Waals surface area contributed by atoms with Crippen molar-refractivity contribution in [3.63, 3.8) is 0 Å². The molecule has 0 saturated carbocycles. The standard InChI is InChI=1S/C25H25N5O2/c1-16-12-26-25(32)23-10-19-8-9-20(11-22(19)30(23)17(16)2)24(31)28-21-13-27-29(15-21)14-18-6-4-3-5-7-18/h3-11,13,15-17H,12,14H2,1-2H3,(H,26,32)(H,28,31)/t16-,17-/m1/s1. The Bertz CT molecular complexity index is 1300. The van der Waals surface area contributed by atoms with Crippen LogP contribution in [0.15, 0.2) is 67.0 Å². The Hall–Kier alpha value is -3.87. The summed E-state index contributed by atoms with van der Waals surface area (Å²) >= 11 is 0. The number of carbonyl (C=O) groups is 2. The van der Waals surface area contributed by atoms with Gasteiger partial charge in [0.15, 0.2) is 0 Å². The van der Waals surface area contributed by atoms with Gasteiger partial charge in [-0.25, -0.2) is 0 Å². The van der Waals surface area contributed by atoms with Gasteiger partial charge in [0.25, 0.3) is 11.8 Å². The lowest BCUT2D eigenvalue weighted by Gasteiger charge is -2.20. The Morgan fingerprint density at radius 3 is 2.78 bits per heavy atom. The fourth-order valence-corrected chi connectivity index (χ4v) is 4.23. The smallest absolute Gasteiger partial charge is 0.267 e. The highest BCUT2D eigenvalue weighted by atomic mass is 16.2. The van der Waals surface area contributed by atoms with Crippen LogP contribution in [0.4, 0.5) is 5.69 Å². The summed E-state index contributed by atoms with van der Waals surface area (Å²) < 4.78 is 3.85. The van der Waals surface area contributed by atoms with Crippen LogP contribution in [0.3, 0.4) is 0 Å². The summed E-state index contributed by atoms with van der Waals surface area (Å²) in [7, 11) is 0. The van der Waals surface area contributed by atoms with E-state index in [1.54, 1.807) is 16.9 Å². The van der Waals surface area contributed by atoms with Crippen molar-refractivity contribution in [3.8, 4) is 0 Å². The molecule has 2 aromatic heterocycles. The Kier molecular flexibility index (Phi) is 5.01. The van der Waals surface area contributed by atoms with Gasteiger partial charge in [0.2, 0.25) is 0 Å². The lowest BCUT2D eigenvalue weighted by Crippen LogP contribution is -2.26. The number of rotatable bonds is 4. The van der Waals surface area contributed by atoms with Gasteiger partial charge < -0.3 is 15.2 Å². The molecule has 2 atom stereocenters. The van der Waals surface area contributed by atoms with E-state index in [0.717, 1.165) is 16.5 Å². The zero-order valence-corrected chi connectivity index (χ0v) is 18.1. The van der Waals surface area contributed by atoms with Gasteiger partial charge >= 0.3 is 0 Å². The number of benzene rings is 2. The molecule has 32 heavy (non-hydrogen) atoms. The summed E-state index contributed by atoms with van der Waals surface area (Å²) in [5.74, 6) is -0.00143. The summed E-state index contributed by atoms with van der Waals surface area (Å²) in [5.41, 5.74) is 3.85. The molecule has 2 aromatic carbocycles. The van der Waals surface area contributed by atoms with Crippen molar-refractivity contribution in [2.24, 2.45) is 5.92 Å². The molecule has 5 rings (SSSR count). The maximum atomic E-state index is 13.0. The van der Waals surface area contributed by atoms with E-state index in [2.05, 4.69) is 34.1 Å². The molecule has 0 aliphatic carbocycles. The lowest BCUT2D eigenvalue weighted by atomic mass is 10.0. The summed E-state index contributed by atoms with van der Waals surface area (Å²) in [5, 5.41) is 11.2. The zero-order chi connectivity index (χ0) is 22.2. The third kappa shape index (κ3) is 3.66. The molecule has 0 fully saturated rings. The van der Waals surface area contributed by atoms with Crippen LogP contribution < -0.4 is 10.6 Å². The number of nitrogens with zero attached hydrogens (tertiary/aromatic N) is 3. The maximum absolute atomic E-state index is 13.0. The van der Waals surface area contributed by atoms with E-state index in [4.69, 9.17) is 0 Å². The van der Waals surface area contributed by atoms with Crippen molar-refractivity contribution >= 4 is 28.4 Å². The van der Waals surface area contributed by atoms with Crippen molar-refractivity contribution in [1.29, 1.82) is 0 Å². The van der Waals surface area contributed by atoms with Crippen LogP contribution in [0, 0.1) is 5.92 Å². The number of amides is 2. The number of nitrogens with one attached hydrogen (secondary N) is 2. The first-order valence-corrected chi connectivity index (χ1v) is 10.8. The van der Waals surface area contributed by atoms with Crippen molar-refractivity contribution in [1.82, 2.24) is 19.7 Å². The fraction of sp³-hybridized carbons (Fsp3) is 0.240. The van der Waals surface area contributed by atoms with E-state index in [-0.39, 0.29) is 23.8 Å². The maximum Gasteiger partial charge on any atom is 0.267 e. The molecule has 2 N–H and O–H groups in total. The number of anilines is 1. The number of fused-ring (bicyclic) bond motifs is 3. The number of hydrogen-bond donors (Lipinski definition) is 2. The molecule has 3 heterocycles. The molecule has 0 unspecified atom stereocenters. The fourth-order valence-electron chi connectivity index (χ4n) is 4.23. The van der Waals surface area contributed by atoms with Crippen LogP contribution in [0.5, 0.6) is 0 Å². The van der Waals surface area contributed by atoms with E-state index in [1.807, 2.05) is 54.7 Å². The molecule has 7 heteroatoms. The Labute approximate surface area is 186 Å². The third-order valence-electron chi connectivity index (χ3n) is 6.23. The molecule has 4 aromatic rings. The molecule has 0 radical (unpaired) electrons. The van der Waals surface area contributed by atoms with Gasteiger partial charge in [0.05, 0.1) is 18.4 Å².